The molecule has 6 aliphatic rings. The molecule has 0 aliphatic carbocycles. The SMILES string of the molecule is CC(=O)N[C@H]1[C@H](OC[C@H]2O[C@@H](O[C@H]3[C@@H](O)[C@@H](CO[C@@H]4O[C@H](CO)[C@@H](O[C@@H]5O[C@H](CO)[C@H](O)[C@H](O)[C@H]5O)[C@H](O)[C@H]4NC(C)=O)OC(O)[C@@H]3NC(C)=O)[C@H](O)[C@@H](O)[C@H]2O)O[C@H](CO)[C@@H](O[C@@H]2O[C@H](CO)[C@H](O)[C@H](O)[C@H]2O)[C@@H]1O. The van der Waals surface area contributed by atoms with Crippen LogP contribution in [0.2, 0.25) is 0 Å². The van der Waals surface area contributed by atoms with Crippen LogP contribution in [0, 0.1) is 0 Å². The molecular formula is C42H71N3O31. The van der Waals surface area contributed by atoms with E-state index in [2.05, 4.69) is 16.0 Å². The smallest absolute Gasteiger partial charge is 0.217 e. The maximum atomic E-state index is 12.4. The first-order valence-electron chi connectivity index (χ1n) is 24.1. The molecule has 34 nitrogen and oxygen atoms in total. The van der Waals surface area contributed by atoms with Gasteiger partial charge in [0.1, 0.15) is 146 Å². The zero-order chi connectivity index (χ0) is 56.2. The molecule has 6 rings (SSSR count). The van der Waals surface area contributed by atoms with E-state index in [9.17, 15) is 101 Å². The molecular weight excluding hydrogens is 1040 g/mol. The number of amides is 3. The van der Waals surface area contributed by atoms with Crippen molar-refractivity contribution >= 4 is 17.7 Å². The number of aliphatic hydroxyl groups is 17. The van der Waals surface area contributed by atoms with Crippen molar-refractivity contribution in [3.05, 3.63) is 0 Å². The average Bonchev–Trinajstić information content (AvgIpc) is 3.38. The summed E-state index contributed by atoms with van der Waals surface area (Å²) in [5, 5.41) is 188. The predicted molar refractivity (Wildman–Crippen MR) is 234 cm³/mol. The van der Waals surface area contributed by atoms with Crippen molar-refractivity contribution in [2.24, 2.45) is 0 Å². The van der Waals surface area contributed by atoms with Gasteiger partial charge in [-0.1, -0.05) is 0 Å². The third-order valence-electron chi connectivity index (χ3n) is 13.6. The standard InChI is InChI=1S/C42H71N3O31/c1-10(50)43-19-26(57)34(74-40-31(62)28(59)22(53)13(4-46)69-40)15(6-48)71-38(19)66-8-17-24(55)30(61)33(64)42(73-17)76-36-21(45-12(3)52)37(65)68-18(25(36)56)9-67-39-20(44-11(2)51)27(58)35(16(7-49)72-39)75-41-32(63)29(60)23(54)14(5-47)70-41/h13-42,46-49,53-65H,4-9H2,1-3H3,(H,43,50)(H,44,51)(H,45,52)/t13-,14-,15-,16-,17-,18-,19-,20-,21-,22+,23+,24+,25+,26-,27-,28+,29+,30+,31-,32-,33-,34-,35-,36-,37?,38-,39-,40+,41+,42+/m1/s1. The summed E-state index contributed by atoms with van der Waals surface area (Å²) in [6, 6.07) is -4.90. The molecule has 76 heavy (non-hydrogen) atoms. The fourth-order valence-corrected chi connectivity index (χ4v) is 9.52. The van der Waals surface area contributed by atoms with Crippen molar-refractivity contribution in [3.63, 3.8) is 0 Å². The van der Waals surface area contributed by atoms with Crippen LogP contribution >= 0.6 is 0 Å². The fourth-order valence-electron chi connectivity index (χ4n) is 9.52. The second-order valence-electron chi connectivity index (χ2n) is 19.0. The van der Waals surface area contributed by atoms with E-state index in [1.165, 1.54) is 0 Å². The highest BCUT2D eigenvalue weighted by atomic mass is 16.8. The Morgan fingerprint density at radius 2 is 0.645 bits per heavy atom. The number of ether oxygens (including phenoxy) is 11. The molecule has 34 heteroatoms. The minimum Gasteiger partial charge on any atom is -0.394 e. The Labute approximate surface area is 431 Å². The monoisotopic (exact) mass is 1110 g/mol. The topological polar surface area (TPSA) is 533 Å². The lowest BCUT2D eigenvalue weighted by Crippen LogP contribution is -2.69. The molecule has 0 saturated carbocycles. The van der Waals surface area contributed by atoms with Crippen LogP contribution in [0.15, 0.2) is 0 Å². The maximum absolute atomic E-state index is 12.4. The van der Waals surface area contributed by atoms with Crippen LogP contribution in [0.5, 0.6) is 0 Å². The average molecular weight is 1110 g/mol. The van der Waals surface area contributed by atoms with Gasteiger partial charge >= 0.3 is 0 Å². The molecule has 0 aromatic rings. The number of nitrogens with one attached hydrogen (secondary N) is 3. The van der Waals surface area contributed by atoms with Crippen molar-refractivity contribution in [2.45, 2.75) is 205 Å². The zero-order valence-corrected chi connectivity index (χ0v) is 40.9. The lowest BCUT2D eigenvalue weighted by atomic mass is 9.94. The van der Waals surface area contributed by atoms with E-state index in [1.54, 1.807) is 0 Å². The quantitative estimate of drug-likeness (QED) is 0.0571. The minimum absolute atomic E-state index is 0.771. The number of hydrogen-bond donors (Lipinski definition) is 20. The van der Waals surface area contributed by atoms with E-state index < -0.39 is 241 Å². The molecule has 6 fully saturated rings. The third-order valence-corrected chi connectivity index (χ3v) is 13.6. The third kappa shape index (κ3) is 13.9. The molecule has 0 bridgehead atoms. The van der Waals surface area contributed by atoms with Crippen molar-refractivity contribution in [1.29, 1.82) is 0 Å². The van der Waals surface area contributed by atoms with Gasteiger partial charge in [0.15, 0.2) is 37.7 Å². The van der Waals surface area contributed by atoms with Crippen LogP contribution in [0.1, 0.15) is 20.8 Å². The van der Waals surface area contributed by atoms with Gasteiger partial charge in [-0.3, -0.25) is 14.4 Å². The number of carbonyl (C=O) groups excluding carboxylic acids is 3. The highest BCUT2D eigenvalue weighted by Crippen LogP contribution is 2.35. The fraction of sp³-hybridized carbons (Fsp3) is 0.929. The Hall–Kier alpha value is -2.71. The summed E-state index contributed by atoms with van der Waals surface area (Å²) in [5.41, 5.74) is 0. The molecule has 6 saturated heterocycles. The van der Waals surface area contributed by atoms with Crippen LogP contribution in [-0.2, 0) is 66.5 Å². The Bertz CT molecular complexity index is 1870. The Balaban J connectivity index is 1.15. The lowest BCUT2D eigenvalue weighted by Gasteiger charge is -2.48. The van der Waals surface area contributed by atoms with E-state index in [1.807, 2.05) is 0 Å². The van der Waals surface area contributed by atoms with Crippen LogP contribution < -0.4 is 16.0 Å². The highest BCUT2D eigenvalue weighted by molar-refractivity contribution is 5.74. The first-order chi connectivity index (χ1) is 35.9. The van der Waals surface area contributed by atoms with Gasteiger partial charge in [-0.15, -0.1) is 0 Å². The van der Waals surface area contributed by atoms with Crippen molar-refractivity contribution in [1.82, 2.24) is 16.0 Å². The van der Waals surface area contributed by atoms with Crippen LogP contribution in [0.4, 0.5) is 0 Å². The molecule has 20 N–H and O–H groups in total. The van der Waals surface area contributed by atoms with Gasteiger partial charge < -0.3 is 155 Å². The van der Waals surface area contributed by atoms with E-state index >= 15 is 0 Å². The summed E-state index contributed by atoms with van der Waals surface area (Å²) in [6.07, 6.45) is -49.4. The Morgan fingerprint density at radius 3 is 1.00 bits per heavy atom. The summed E-state index contributed by atoms with van der Waals surface area (Å²) >= 11 is 0. The number of hydrogen-bond acceptors (Lipinski definition) is 31. The van der Waals surface area contributed by atoms with Crippen molar-refractivity contribution < 1.29 is 153 Å². The first kappa shape index (κ1) is 62.5. The second-order valence-corrected chi connectivity index (χ2v) is 19.0. The first-order valence-corrected chi connectivity index (χ1v) is 24.1. The second kappa shape index (κ2) is 27.2. The molecule has 440 valence electrons. The molecule has 6 aliphatic heterocycles. The molecule has 0 spiro atoms. The number of rotatable bonds is 19. The highest BCUT2D eigenvalue weighted by Gasteiger charge is 2.56. The van der Waals surface area contributed by atoms with Gasteiger partial charge in [0.05, 0.1) is 39.6 Å². The van der Waals surface area contributed by atoms with Gasteiger partial charge in [-0.2, -0.15) is 0 Å². The minimum atomic E-state index is -2.16. The Morgan fingerprint density at radius 1 is 0.342 bits per heavy atom. The summed E-state index contributed by atoms with van der Waals surface area (Å²) < 4.78 is 62.6. The van der Waals surface area contributed by atoms with Gasteiger partial charge in [0, 0.05) is 20.8 Å². The van der Waals surface area contributed by atoms with Crippen LogP contribution in [0.3, 0.4) is 0 Å². The zero-order valence-electron chi connectivity index (χ0n) is 40.9. The van der Waals surface area contributed by atoms with E-state index in [-0.39, 0.29) is 0 Å². The molecule has 0 radical (unpaired) electrons. The lowest BCUT2D eigenvalue weighted by molar-refractivity contribution is -0.361. The van der Waals surface area contributed by atoms with Crippen molar-refractivity contribution in [3.8, 4) is 0 Å². The maximum Gasteiger partial charge on any atom is 0.217 e. The van der Waals surface area contributed by atoms with Crippen molar-refractivity contribution in [2.75, 3.05) is 39.6 Å². The molecule has 1 unspecified atom stereocenters. The summed E-state index contributed by atoms with van der Waals surface area (Å²) in [4.78, 5) is 37.1. The molecule has 30 atom stereocenters. The van der Waals surface area contributed by atoms with E-state index in [0.717, 1.165) is 20.8 Å². The van der Waals surface area contributed by atoms with Gasteiger partial charge in [0.2, 0.25) is 17.7 Å². The number of aliphatic hydroxyl groups excluding tert-OH is 17. The number of carbonyl (C=O) groups is 3. The van der Waals surface area contributed by atoms with Crippen LogP contribution in [-0.4, -0.2) is 328 Å². The van der Waals surface area contributed by atoms with Crippen LogP contribution in [0.25, 0.3) is 0 Å². The Kier molecular flexibility index (Phi) is 22.3. The van der Waals surface area contributed by atoms with E-state index in [4.69, 9.17) is 52.1 Å². The predicted octanol–water partition coefficient (Wildman–Crippen LogP) is -13.7. The molecule has 0 aromatic carbocycles. The largest absolute Gasteiger partial charge is 0.394 e. The summed E-state index contributed by atoms with van der Waals surface area (Å²) in [7, 11) is 0. The van der Waals surface area contributed by atoms with E-state index in [0.29, 0.717) is 0 Å². The molecule has 0 aromatic heterocycles. The van der Waals surface area contributed by atoms with Gasteiger partial charge in [0.25, 0.3) is 0 Å². The molecule has 3 amide bonds. The molecule has 6 heterocycles. The van der Waals surface area contributed by atoms with Gasteiger partial charge in [-0.25, -0.2) is 0 Å². The normalized spacial score (nSPS) is 48.2. The summed E-state index contributed by atoms with van der Waals surface area (Å²) in [6.45, 7) is -2.10. The van der Waals surface area contributed by atoms with Gasteiger partial charge in [-0.05, 0) is 0 Å². The summed E-state index contributed by atoms with van der Waals surface area (Å²) in [5.74, 6) is -2.35.